The number of rotatable bonds is 12. The number of carbonyl (C=O) groups is 12. The fourth-order valence-corrected chi connectivity index (χ4v) is 16.9. The third kappa shape index (κ3) is 21.2. The van der Waals surface area contributed by atoms with Crippen molar-refractivity contribution in [2.75, 3.05) is 102 Å². The number of hydrogen-bond donors (Lipinski definition) is 3. The predicted molar refractivity (Wildman–Crippen MR) is 378 cm³/mol. The van der Waals surface area contributed by atoms with Crippen LogP contribution in [0.15, 0.2) is 12.2 Å². The number of nitrogens with one attached hydrogen (secondary N) is 3. The van der Waals surface area contributed by atoms with Crippen LogP contribution in [0.3, 0.4) is 0 Å². The number of fused-ring (bicyclic) bond motifs is 3. The van der Waals surface area contributed by atoms with E-state index in [4.69, 9.17) is 9.47 Å². The number of carbonyl (C=O) groups excluding carboxylic acids is 12. The zero-order valence-electron chi connectivity index (χ0n) is 64.5. The van der Waals surface area contributed by atoms with Gasteiger partial charge in [0.1, 0.15) is 72.1 Å². The molecule has 7 aliphatic rings. The zero-order chi connectivity index (χ0) is 80.2. The molecule has 3 saturated carbocycles. The van der Waals surface area contributed by atoms with Crippen molar-refractivity contribution in [1.82, 2.24) is 60.0 Å². The largest absolute Gasteiger partial charge is 0.397 e. The van der Waals surface area contributed by atoms with Gasteiger partial charge in [0, 0.05) is 109 Å². The van der Waals surface area contributed by atoms with Crippen molar-refractivity contribution in [3.05, 3.63) is 12.2 Å². The zero-order valence-corrected chi connectivity index (χ0v) is 64.5. The minimum Gasteiger partial charge on any atom is -0.381 e. The Morgan fingerprint density at radius 1 is 0.657 bits per heavy atom. The fourth-order valence-electron chi connectivity index (χ4n) is 16.9. The Morgan fingerprint density at radius 2 is 1.28 bits per heavy atom. The average molecular weight is 1550 g/mol. The van der Waals surface area contributed by atoms with Gasteiger partial charge in [0.15, 0.2) is 0 Å². The molecular weight excluding hydrogens is 1430 g/mol. The van der Waals surface area contributed by atoms with Crippen LogP contribution in [0.25, 0.3) is 0 Å². The van der Waals surface area contributed by atoms with Crippen LogP contribution in [0.1, 0.15) is 163 Å². The SMILES string of the molecule is CCO[C@@H]1C[C@H]2C(=O)NC3(CCOCC3)C(=O)N(C)[C@@H](C3CCCC3)C(=O)N(C)[C@H](C(=O)N(C)C)CC(=O)N(C)[C@@H](CC)C(=O)N[C@@H]([C@@H](C)CC)C(=O)N(C)CC(=O)N(C)[C@H]3C/C=C\CCN(C3=O)[C@@H](CC3CCC(C(F)(F)F)CC3)C(=O)N(C)CC(=O)N[C@@H](CCC3CC(F)C(C(F)(F)F)C(F)C3)C(=O)N2C1. The Kier molecular flexibility index (Phi) is 31.0. The van der Waals surface area contributed by atoms with Crippen LogP contribution in [0.5, 0.6) is 0 Å². The van der Waals surface area contributed by atoms with Crippen LogP contribution in [-0.4, -0.2) is 302 Å². The summed E-state index contributed by atoms with van der Waals surface area (Å²) in [6, 6.07) is -11.5. The highest BCUT2D eigenvalue weighted by atomic mass is 19.4. The van der Waals surface area contributed by atoms with Crippen molar-refractivity contribution in [2.24, 2.45) is 35.5 Å². The number of likely N-dealkylation sites (N-methyl/N-ethyl adjacent to an activating group) is 7. The van der Waals surface area contributed by atoms with E-state index in [0.29, 0.717) is 32.1 Å². The molecule has 3 saturated heterocycles. The average Bonchev–Trinajstić information content (AvgIpc) is 1.24. The Morgan fingerprint density at radius 3 is 1.85 bits per heavy atom. The van der Waals surface area contributed by atoms with Crippen LogP contribution in [0, 0.1) is 35.5 Å². The molecule has 0 radical (unpaired) electrons. The molecule has 4 aliphatic heterocycles. The van der Waals surface area contributed by atoms with Crippen LogP contribution in [0.2, 0.25) is 0 Å². The third-order valence-electron chi connectivity index (χ3n) is 23.7. The van der Waals surface area contributed by atoms with Crippen molar-refractivity contribution in [1.29, 1.82) is 0 Å². The summed E-state index contributed by atoms with van der Waals surface area (Å²) in [6.07, 6.45) is -14.4. The number of ether oxygens (including phenoxy) is 2. The summed E-state index contributed by atoms with van der Waals surface area (Å²) in [7, 11) is 10.7. The highest BCUT2D eigenvalue weighted by Crippen LogP contribution is 2.45. The van der Waals surface area contributed by atoms with Gasteiger partial charge in [-0.25, -0.2) is 8.78 Å². The van der Waals surface area contributed by atoms with E-state index in [1.54, 1.807) is 39.8 Å². The maximum absolute atomic E-state index is 15.8. The van der Waals surface area contributed by atoms with Gasteiger partial charge < -0.3 is 69.5 Å². The first kappa shape index (κ1) is 88.0. The van der Waals surface area contributed by atoms with E-state index in [1.165, 1.54) is 71.1 Å². The molecule has 610 valence electrons. The quantitative estimate of drug-likeness (QED) is 0.164. The maximum atomic E-state index is 15.8. The highest BCUT2D eigenvalue weighted by molar-refractivity contribution is 6.01. The van der Waals surface area contributed by atoms with Crippen molar-refractivity contribution < 1.29 is 102 Å². The summed E-state index contributed by atoms with van der Waals surface area (Å²) in [5.74, 6) is -17.1. The second-order valence-electron chi connectivity index (χ2n) is 31.2. The summed E-state index contributed by atoms with van der Waals surface area (Å²) in [5, 5.41) is 8.36. The summed E-state index contributed by atoms with van der Waals surface area (Å²) in [4.78, 5) is 191. The van der Waals surface area contributed by atoms with Gasteiger partial charge in [-0.3, -0.25) is 57.5 Å². The Hall–Kier alpha value is -7.26. The number of alkyl halides is 8. The number of halogens is 8. The summed E-state index contributed by atoms with van der Waals surface area (Å²) in [5.41, 5.74) is -1.86. The molecule has 12 atom stereocenters. The van der Waals surface area contributed by atoms with Gasteiger partial charge in [-0.05, 0) is 120 Å². The van der Waals surface area contributed by atoms with Gasteiger partial charge in [0.25, 0.3) is 0 Å². The number of amides is 12. The smallest absolute Gasteiger partial charge is 0.381 e. The van der Waals surface area contributed by atoms with E-state index in [1.807, 2.05) is 0 Å². The second-order valence-corrected chi connectivity index (χ2v) is 31.2. The molecule has 34 heteroatoms. The topological polar surface area (TPSA) is 289 Å². The first-order chi connectivity index (χ1) is 50.7. The van der Waals surface area contributed by atoms with E-state index >= 15 is 37.5 Å². The van der Waals surface area contributed by atoms with Crippen LogP contribution >= 0.6 is 0 Å². The number of hydrogen-bond acceptors (Lipinski definition) is 14. The van der Waals surface area contributed by atoms with Crippen LogP contribution < -0.4 is 16.0 Å². The first-order valence-corrected chi connectivity index (χ1v) is 38.3. The van der Waals surface area contributed by atoms with E-state index < -0.39 is 230 Å². The minimum absolute atomic E-state index is 0.00990. The highest BCUT2D eigenvalue weighted by Gasteiger charge is 2.56. The van der Waals surface area contributed by atoms with E-state index in [0.717, 1.165) is 29.4 Å². The Bertz CT molecular complexity index is 3210. The summed E-state index contributed by atoms with van der Waals surface area (Å²) < 4.78 is 127. The normalized spacial score (nSPS) is 32.1. The van der Waals surface area contributed by atoms with Crippen LogP contribution in [-0.2, 0) is 67.0 Å². The molecule has 0 aromatic heterocycles. The van der Waals surface area contributed by atoms with Gasteiger partial charge in [-0.15, -0.1) is 0 Å². The lowest BCUT2D eigenvalue weighted by molar-refractivity contribution is -0.219. The standard InChI is InChI=1S/C74H114F8N12O14/c1-13-43(4)61-69(104)88(8)42-59(97)90(10)53-23-17-16-20-32-93(68(53)103)56(37-44-24-27-47(28-25-44)73(77,78)79)67(102)87(7)41-57(95)83-51(29-26-45-35-49(75)60(50(76)36-45)74(80,81)82)65(100)94-40-48(108-15-3)38-54(94)64(99)85-72(30-33-107-34-31-72)71(106)92(12)62(46-21-18-19-22-46)70(105)91(11)55(66(101)86(5)6)39-58(96)89(9)52(14-2)63(98)84-61/h16-17,43-56,60-62H,13-15,18-42H2,1-12H3,(H,83,95)(H,84,98)(H,85,99)/b17-16-/t43-,44?,45?,47?,48+,49?,50?,51-,52-,53-,54-,55-,56-,60?,61-,62-/m0/s1. The van der Waals surface area contributed by atoms with Gasteiger partial charge >= 0.3 is 12.4 Å². The van der Waals surface area contributed by atoms with Crippen molar-refractivity contribution >= 4 is 70.9 Å². The van der Waals surface area contributed by atoms with Gasteiger partial charge in [0.05, 0.1) is 31.5 Å². The Balaban J connectivity index is 1.33. The minimum atomic E-state index is -5.23. The molecule has 2 unspecified atom stereocenters. The molecule has 6 fully saturated rings. The summed E-state index contributed by atoms with van der Waals surface area (Å²) in [6.45, 7) is 4.60. The fraction of sp³-hybridized carbons (Fsp3) is 0.811. The maximum Gasteiger partial charge on any atom is 0.397 e. The Labute approximate surface area is 628 Å². The first-order valence-electron chi connectivity index (χ1n) is 38.3. The molecular formula is C74H114F8N12O14. The summed E-state index contributed by atoms with van der Waals surface area (Å²) >= 11 is 0. The third-order valence-corrected chi connectivity index (χ3v) is 23.7. The van der Waals surface area contributed by atoms with Crippen molar-refractivity contribution in [3.8, 4) is 0 Å². The van der Waals surface area contributed by atoms with Crippen molar-refractivity contribution in [2.45, 2.75) is 247 Å². The van der Waals surface area contributed by atoms with Crippen molar-refractivity contribution in [3.63, 3.8) is 0 Å². The molecule has 26 nitrogen and oxygen atoms in total. The molecule has 108 heavy (non-hydrogen) atoms. The molecule has 7 rings (SSSR count). The molecule has 3 aliphatic carbocycles. The van der Waals surface area contributed by atoms with E-state index in [9.17, 15) is 55.1 Å². The lowest BCUT2D eigenvalue weighted by atomic mass is 9.76. The lowest BCUT2D eigenvalue weighted by Crippen LogP contribution is -2.67. The molecule has 3 N–H and O–H groups in total. The second kappa shape index (κ2) is 38.1. The van der Waals surface area contributed by atoms with Gasteiger partial charge in [-0.1, -0.05) is 52.2 Å². The number of nitrogens with zero attached hydrogens (tertiary/aromatic N) is 9. The molecule has 2 bridgehead atoms. The van der Waals surface area contributed by atoms with E-state index in [2.05, 4.69) is 16.0 Å². The molecule has 0 aromatic rings. The predicted octanol–water partition coefficient (Wildman–Crippen LogP) is 5.34. The molecule has 12 amide bonds. The van der Waals surface area contributed by atoms with Gasteiger partial charge in [0.2, 0.25) is 70.9 Å². The molecule has 1 spiro atoms. The lowest BCUT2D eigenvalue weighted by Gasteiger charge is -2.44. The molecule has 4 heterocycles. The van der Waals surface area contributed by atoms with E-state index in [-0.39, 0.29) is 110 Å². The molecule has 0 aromatic carbocycles. The monoisotopic (exact) mass is 1550 g/mol. The van der Waals surface area contributed by atoms with Crippen LogP contribution in [0.4, 0.5) is 35.1 Å². The van der Waals surface area contributed by atoms with Gasteiger partial charge in [-0.2, -0.15) is 26.3 Å².